The van der Waals surface area contributed by atoms with Crippen LogP contribution in [0, 0.1) is 11.8 Å². The highest BCUT2D eigenvalue weighted by molar-refractivity contribution is 6.29. The fourth-order valence-electron chi connectivity index (χ4n) is 2.42. The van der Waals surface area contributed by atoms with Gasteiger partial charge in [0.1, 0.15) is 11.0 Å². The quantitative estimate of drug-likeness (QED) is 0.726. The van der Waals surface area contributed by atoms with E-state index in [1.54, 1.807) is 6.07 Å². The van der Waals surface area contributed by atoms with E-state index in [2.05, 4.69) is 15.3 Å². The van der Waals surface area contributed by atoms with Crippen molar-refractivity contribution in [1.82, 2.24) is 9.97 Å². The van der Waals surface area contributed by atoms with Gasteiger partial charge in [-0.2, -0.15) is 4.98 Å². The van der Waals surface area contributed by atoms with Gasteiger partial charge in [0.05, 0.1) is 0 Å². The summed E-state index contributed by atoms with van der Waals surface area (Å²) < 4.78 is 0. The van der Waals surface area contributed by atoms with Crippen LogP contribution in [-0.2, 0) is 0 Å². The average molecular weight is 270 g/mol. The second kappa shape index (κ2) is 6.20. The molecule has 1 aromatic rings. The molecule has 1 aliphatic rings. The number of nitrogen functional groups attached to an aromatic ring is 1. The normalized spacial score (nSPS) is 23.9. The molecule has 0 amide bonds. The first-order valence-electron chi connectivity index (χ1n) is 6.41. The maximum absolute atomic E-state index is 5.82. The summed E-state index contributed by atoms with van der Waals surface area (Å²) in [4.78, 5) is 8.19. The van der Waals surface area contributed by atoms with E-state index in [1.165, 1.54) is 25.7 Å². The third-order valence-corrected chi connectivity index (χ3v) is 3.76. The Morgan fingerprint density at radius 3 is 2.50 bits per heavy atom. The van der Waals surface area contributed by atoms with Gasteiger partial charge in [0.15, 0.2) is 0 Å². The first-order chi connectivity index (χ1) is 8.67. The molecule has 0 spiro atoms. The third kappa shape index (κ3) is 3.71. The SMILES string of the molecule is NCC1CCC(CNc2nc(N)cc(Cl)n2)CC1. The Labute approximate surface area is 112 Å². The number of hydrogen-bond donors (Lipinski definition) is 3. The number of rotatable bonds is 4. The predicted octanol–water partition coefficient (Wildman–Crippen LogP) is 1.89. The molecular weight excluding hydrogens is 250 g/mol. The minimum Gasteiger partial charge on any atom is -0.383 e. The van der Waals surface area contributed by atoms with E-state index in [4.69, 9.17) is 23.1 Å². The topological polar surface area (TPSA) is 89.8 Å². The maximum atomic E-state index is 5.82. The molecule has 5 N–H and O–H groups in total. The Balaban J connectivity index is 1.81. The second-order valence-corrected chi connectivity index (χ2v) is 5.33. The van der Waals surface area contributed by atoms with Gasteiger partial charge < -0.3 is 16.8 Å². The highest BCUT2D eigenvalue weighted by Crippen LogP contribution is 2.28. The van der Waals surface area contributed by atoms with Crippen LogP contribution in [0.5, 0.6) is 0 Å². The molecule has 2 rings (SSSR count). The number of halogens is 1. The van der Waals surface area contributed by atoms with Gasteiger partial charge >= 0.3 is 0 Å². The molecule has 0 aliphatic heterocycles. The number of hydrogen-bond acceptors (Lipinski definition) is 5. The Bertz CT molecular complexity index is 370. The molecule has 6 heteroatoms. The Kier molecular flexibility index (Phi) is 4.60. The van der Waals surface area contributed by atoms with Crippen molar-refractivity contribution in [2.75, 3.05) is 24.1 Å². The van der Waals surface area contributed by atoms with E-state index in [-0.39, 0.29) is 0 Å². The maximum Gasteiger partial charge on any atom is 0.226 e. The van der Waals surface area contributed by atoms with Gasteiger partial charge in [0.2, 0.25) is 5.95 Å². The summed E-state index contributed by atoms with van der Waals surface area (Å²) in [6.45, 7) is 1.69. The number of nitrogens with zero attached hydrogens (tertiary/aromatic N) is 2. The lowest BCUT2D eigenvalue weighted by molar-refractivity contribution is 0.289. The van der Waals surface area contributed by atoms with Gasteiger partial charge in [-0.05, 0) is 44.1 Å². The summed E-state index contributed by atoms with van der Waals surface area (Å²) >= 11 is 5.82. The molecule has 0 radical (unpaired) electrons. The van der Waals surface area contributed by atoms with E-state index in [0.717, 1.165) is 13.1 Å². The van der Waals surface area contributed by atoms with Crippen LogP contribution < -0.4 is 16.8 Å². The number of nitrogens with one attached hydrogen (secondary N) is 1. The van der Waals surface area contributed by atoms with Crippen LogP contribution in [0.15, 0.2) is 6.07 Å². The lowest BCUT2D eigenvalue weighted by Gasteiger charge is -2.27. The molecule has 0 unspecified atom stereocenters. The van der Waals surface area contributed by atoms with Crippen molar-refractivity contribution < 1.29 is 0 Å². The molecule has 1 fully saturated rings. The van der Waals surface area contributed by atoms with Crippen molar-refractivity contribution in [2.24, 2.45) is 17.6 Å². The Hall–Kier alpha value is -1.07. The van der Waals surface area contributed by atoms with Crippen LogP contribution in [0.1, 0.15) is 25.7 Å². The van der Waals surface area contributed by atoms with E-state index >= 15 is 0 Å². The minimum absolute atomic E-state index is 0.372. The van der Waals surface area contributed by atoms with E-state index < -0.39 is 0 Å². The Morgan fingerprint density at radius 2 is 1.89 bits per heavy atom. The first kappa shape index (κ1) is 13.4. The van der Waals surface area contributed by atoms with E-state index in [9.17, 15) is 0 Å². The third-order valence-electron chi connectivity index (χ3n) is 3.56. The largest absolute Gasteiger partial charge is 0.383 e. The van der Waals surface area contributed by atoms with Gasteiger partial charge in [-0.15, -0.1) is 0 Å². The smallest absolute Gasteiger partial charge is 0.226 e. The van der Waals surface area contributed by atoms with Gasteiger partial charge in [-0.25, -0.2) is 4.98 Å². The molecule has 0 bridgehead atoms. The summed E-state index contributed by atoms with van der Waals surface area (Å²) in [6.07, 6.45) is 4.87. The summed E-state index contributed by atoms with van der Waals surface area (Å²) in [6, 6.07) is 1.54. The van der Waals surface area contributed by atoms with Crippen LogP contribution in [0.4, 0.5) is 11.8 Å². The van der Waals surface area contributed by atoms with E-state index in [0.29, 0.717) is 28.8 Å². The highest BCUT2D eigenvalue weighted by Gasteiger charge is 2.20. The lowest BCUT2D eigenvalue weighted by atomic mass is 9.82. The monoisotopic (exact) mass is 269 g/mol. The molecule has 0 atom stereocenters. The van der Waals surface area contributed by atoms with Crippen molar-refractivity contribution >= 4 is 23.4 Å². The van der Waals surface area contributed by atoms with Crippen LogP contribution in [0.3, 0.4) is 0 Å². The van der Waals surface area contributed by atoms with Gasteiger partial charge in [0.25, 0.3) is 0 Å². The van der Waals surface area contributed by atoms with Gasteiger partial charge in [-0.1, -0.05) is 11.6 Å². The summed E-state index contributed by atoms with van der Waals surface area (Å²) in [5.74, 6) is 2.28. The number of nitrogens with two attached hydrogens (primary N) is 2. The molecular formula is C12H20ClN5. The summed E-state index contributed by atoms with van der Waals surface area (Å²) in [7, 11) is 0. The molecule has 5 nitrogen and oxygen atoms in total. The van der Waals surface area contributed by atoms with Crippen LogP contribution in [0.25, 0.3) is 0 Å². The fraction of sp³-hybridized carbons (Fsp3) is 0.667. The van der Waals surface area contributed by atoms with Crippen molar-refractivity contribution in [1.29, 1.82) is 0 Å². The van der Waals surface area contributed by atoms with Crippen molar-refractivity contribution in [3.8, 4) is 0 Å². The molecule has 1 aliphatic carbocycles. The van der Waals surface area contributed by atoms with E-state index in [1.807, 2.05) is 0 Å². The van der Waals surface area contributed by atoms with Crippen molar-refractivity contribution in [3.05, 3.63) is 11.2 Å². The molecule has 1 heterocycles. The standard InChI is InChI=1S/C12H20ClN5/c13-10-5-11(15)18-12(17-10)16-7-9-3-1-8(6-14)2-4-9/h5,8-9H,1-4,6-7,14H2,(H3,15,16,17,18). The average Bonchev–Trinajstić information content (AvgIpc) is 2.36. The first-order valence-corrected chi connectivity index (χ1v) is 6.79. The van der Waals surface area contributed by atoms with Crippen LogP contribution in [-0.4, -0.2) is 23.1 Å². The highest BCUT2D eigenvalue weighted by atomic mass is 35.5. The fourth-order valence-corrected chi connectivity index (χ4v) is 2.61. The van der Waals surface area contributed by atoms with Crippen LogP contribution >= 0.6 is 11.6 Å². The summed E-state index contributed by atoms with van der Waals surface area (Å²) in [5.41, 5.74) is 11.3. The Morgan fingerprint density at radius 1 is 1.22 bits per heavy atom. The van der Waals surface area contributed by atoms with Crippen LogP contribution in [0.2, 0.25) is 5.15 Å². The predicted molar refractivity (Wildman–Crippen MR) is 74.4 cm³/mol. The van der Waals surface area contributed by atoms with Gasteiger partial charge in [-0.3, -0.25) is 0 Å². The lowest BCUT2D eigenvalue weighted by Crippen LogP contribution is -2.25. The van der Waals surface area contributed by atoms with Crippen molar-refractivity contribution in [3.63, 3.8) is 0 Å². The zero-order valence-electron chi connectivity index (χ0n) is 10.4. The molecule has 0 saturated heterocycles. The molecule has 100 valence electrons. The zero-order valence-corrected chi connectivity index (χ0v) is 11.2. The van der Waals surface area contributed by atoms with Gasteiger partial charge in [0, 0.05) is 12.6 Å². The molecule has 18 heavy (non-hydrogen) atoms. The zero-order chi connectivity index (χ0) is 13.0. The molecule has 1 aromatic heterocycles. The number of anilines is 2. The van der Waals surface area contributed by atoms with Crippen molar-refractivity contribution in [2.45, 2.75) is 25.7 Å². The minimum atomic E-state index is 0.372. The number of aromatic nitrogens is 2. The molecule has 0 aromatic carbocycles. The second-order valence-electron chi connectivity index (χ2n) is 4.94. The summed E-state index contributed by atoms with van der Waals surface area (Å²) in [5, 5.41) is 3.58. The molecule has 1 saturated carbocycles.